The highest BCUT2D eigenvalue weighted by Gasteiger charge is 2.32. The summed E-state index contributed by atoms with van der Waals surface area (Å²) in [5, 5.41) is 0. The van der Waals surface area contributed by atoms with E-state index in [2.05, 4.69) is 0 Å². The van der Waals surface area contributed by atoms with Crippen molar-refractivity contribution in [1.82, 2.24) is 0 Å². The second-order valence-corrected chi connectivity index (χ2v) is 6.33. The molecule has 0 saturated carbocycles. The number of esters is 2. The maximum atomic E-state index is 12.4. The molecule has 0 bridgehead atoms. The minimum Gasteiger partial charge on any atom is -0.497 e. The number of rotatable bonds is 6. The van der Waals surface area contributed by atoms with Gasteiger partial charge >= 0.3 is 11.9 Å². The molecule has 0 aliphatic carbocycles. The zero-order chi connectivity index (χ0) is 21.7. The van der Waals surface area contributed by atoms with E-state index < -0.39 is 11.9 Å². The molecule has 8 nitrogen and oxygen atoms in total. The quantitative estimate of drug-likeness (QED) is 0.669. The fourth-order valence-electron chi connectivity index (χ4n) is 3.21. The summed E-state index contributed by atoms with van der Waals surface area (Å²) < 4.78 is 25.9. The number of anilines is 1. The molecule has 1 aliphatic heterocycles. The summed E-state index contributed by atoms with van der Waals surface area (Å²) in [6, 6.07) is 13.0. The molecule has 0 amide bonds. The van der Waals surface area contributed by atoms with Gasteiger partial charge in [-0.05, 0) is 29.8 Å². The topological polar surface area (TPSA) is 83.5 Å². The molecule has 2 aromatic carbocycles. The molecule has 0 spiro atoms. The van der Waals surface area contributed by atoms with Crippen LogP contribution in [0.5, 0.6) is 11.5 Å². The summed E-state index contributed by atoms with van der Waals surface area (Å²) in [6.07, 6.45) is 0. The van der Waals surface area contributed by atoms with Gasteiger partial charge in [0, 0.05) is 17.3 Å². The maximum absolute atomic E-state index is 12.4. The van der Waals surface area contributed by atoms with E-state index in [-0.39, 0.29) is 24.6 Å². The standard InChI is InChI=1S/C22H23NO7/c1-26-16-9-10-17(19(11-16)27-2)14-5-7-15(8-6-14)23-13-30-12-18(21(24)28-3)20(23)22(25)29-4/h5-11H,12-13H2,1-4H3. The van der Waals surface area contributed by atoms with Crippen LogP contribution in [-0.2, 0) is 23.8 Å². The van der Waals surface area contributed by atoms with Gasteiger partial charge in [-0.25, -0.2) is 9.59 Å². The smallest absolute Gasteiger partial charge is 0.355 e. The molecule has 0 atom stereocenters. The van der Waals surface area contributed by atoms with E-state index in [1.54, 1.807) is 19.1 Å². The Labute approximate surface area is 174 Å². The van der Waals surface area contributed by atoms with Crippen LogP contribution in [0.1, 0.15) is 0 Å². The Morgan fingerprint density at radius 1 is 0.900 bits per heavy atom. The van der Waals surface area contributed by atoms with Gasteiger partial charge < -0.3 is 28.6 Å². The second-order valence-electron chi connectivity index (χ2n) is 6.33. The van der Waals surface area contributed by atoms with Gasteiger partial charge in [0.15, 0.2) is 0 Å². The molecule has 2 aromatic rings. The first-order valence-corrected chi connectivity index (χ1v) is 9.11. The molecule has 0 radical (unpaired) electrons. The molecule has 0 fully saturated rings. The number of nitrogens with zero attached hydrogens (tertiary/aromatic N) is 1. The van der Waals surface area contributed by atoms with Gasteiger partial charge in [0.05, 0.1) is 40.6 Å². The highest BCUT2D eigenvalue weighted by molar-refractivity contribution is 6.03. The van der Waals surface area contributed by atoms with Crippen molar-refractivity contribution in [2.24, 2.45) is 0 Å². The van der Waals surface area contributed by atoms with Crippen LogP contribution in [0, 0.1) is 0 Å². The number of hydrogen-bond acceptors (Lipinski definition) is 8. The molecule has 0 unspecified atom stereocenters. The van der Waals surface area contributed by atoms with Crippen molar-refractivity contribution in [2.75, 3.05) is 46.7 Å². The third kappa shape index (κ3) is 4.08. The fourth-order valence-corrected chi connectivity index (χ4v) is 3.21. The van der Waals surface area contributed by atoms with Crippen LogP contribution in [0.25, 0.3) is 11.1 Å². The van der Waals surface area contributed by atoms with E-state index in [4.69, 9.17) is 23.7 Å². The van der Waals surface area contributed by atoms with Gasteiger partial charge in [-0.15, -0.1) is 0 Å². The van der Waals surface area contributed by atoms with Crippen LogP contribution in [0.4, 0.5) is 5.69 Å². The Morgan fingerprint density at radius 3 is 2.20 bits per heavy atom. The summed E-state index contributed by atoms with van der Waals surface area (Å²) in [5.41, 5.74) is 2.67. The maximum Gasteiger partial charge on any atom is 0.355 e. The molecule has 0 saturated heterocycles. The number of methoxy groups -OCH3 is 4. The minimum absolute atomic E-state index is 0.0330. The zero-order valence-electron chi connectivity index (χ0n) is 17.3. The number of ether oxygens (including phenoxy) is 5. The molecule has 1 heterocycles. The van der Waals surface area contributed by atoms with Crippen molar-refractivity contribution in [3.63, 3.8) is 0 Å². The normalized spacial score (nSPS) is 13.7. The molecule has 1 aliphatic rings. The van der Waals surface area contributed by atoms with E-state index in [0.29, 0.717) is 17.2 Å². The highest BCUT2D eigenvalue weighted by atomic mass is 16.5. The lowest BCUT2D eigenvalue weighted by Gasteiger charge is -2.31. The van der Waals surface area contributed by atoms with Gasteiger partial charge in [-0.3, -0.25) is 0 Å². The van der Waals surface area contributed by atoms with E-state index in [9.17, 15) is 9.59 Å². The monoisotopic (exact) mass is 413 g/mol. The Morgan fingerprint density at radius 2 is 1.60 bits per heavy atom. The molecular weight excluding hydrogens is 390 g/mol. The summed E-state index contributed by atoms with van der Waals surface area (Å²) in [6.45, 7) is 0.0604. The van der Waals surface area contributed by atoms with Crippen molar-refractivity contribution in [2.45, 2.75) is 0 Å². The highest BCUT2D eigenvalue weighted by Crippen LogP contribution is 2.35. The van der Waals surface area contributed by atoms with Gasteiger partial charge in [-0.2, -0.15) is 0 Å². The van der Waals surface area contributed by atoms with Gasteiger partial charge in [-0.1, -0.05) is 12.1 Å². The van der Waals surface area contributed by atoms with Crippen LogP contribution in [0.15, 0.2) is 53.7 Å². The third-order valence-corrected chi connectivity index (χ3v) is 4.73. The van der Waals surface area contributed by atoms with E-state index >= 15 is 0 Å². The third-order valence-electron chi connectivity index (χ3n) is 4.73. The SMILES string of the molecule is COC(=O)C1=C(C(=O)OC)N(c2ccc(-c3ccc(OC)cc3OC)cc2)COC1. The average Bonchev–Trinajstić information content (AvgIpc) is 2.82. The van der Waals surface area contributed by atoms with Crippen molar-refractivity contribution in [3.05, 3.63) is 53.7 Å². The Bertz CT molecular complexity index is 966. The van der Waals surface area contributed by atoms with Gasteiger partial charge in [0.2, 0.25) is 0 Å². The van der Waals surface area contributed by atoms with E-state index in [1.807, 2.05) is 42.5 Å². The summed E-state index contributed by atoms with van der Waals surface area (Å²) in [5.74, 6) is 0.0895. The minimum atomic E-state index is -0.639. The van der Waals surface area contributed by atoms with E-state index in [1.165, 1.54) is 14.2 Å². The van der Waals surface area contributed by atoms with E-state index in [0.717, 1.165) is 11.1 Å². The molecule has 0 N–H and O–H groups in total. The lowest BCUT2D eigenvalue weighted by Crippen LogP contribution is -2.38. The van der Waals surface area contributed by atoms with Crippen molar-refractivity contribution in [3.8, 4) is 22.6 Å². The lowest BCUT2D eigenvalue weighted by molar-refractivity contribution is -0.140. The molecule has 3 rings (SSSR count). The summed E-state index contributed by atoms with van der Waals surface area (Å²) >= 11 is 0. The van der Waals surface area contributed by atoms with Crippen LogP contribution < -0.4 is 14.4 Å². The van der Waals surface area contributed by atoms with Crippen molar-refractivity contribution in [1.29, 1.82) is 0 Å². The Kier molecular flexibility index (Phi) is 6.58. The second kappa shape index (κ2) is 9.32. The predicted octanol–water partition coefficient (Wildman–Crippen LogP) is 2.77. The summed E-state index contributed by atoms with van der Waals surface area (Å²) in [4.78, 5) is 26.1. The first-order chi connectivity index (χ1) is 14.5. The molecule has 30 heavy (non-hydrogen) atoms. The van der Waals surface area contributed by atoms with Crippen molar-refractivity contribution < 1.29 is 33.3 Å². The molecule has 0 aromatic heterocycles. The van der Waals surface area contributed by atoms with Crippen LogP contribution >= 0.6 is 0 Å². The Hall–Kier alpha value is -3.52. The van der Waals surface area contributed by atoms with Gasteiger partial charge in [0.25, 0.3) is 0 Å². The number of carbonyl (C=O) groups is 2. The largest absolute Gasteiger partial charge is 0.497 e. The zero-order valence-corrected chi connectivity index (χ0v) is 17.3. The number of benzene rings is 2. The fraction of sp³-hybridized carbons (Fsp3) is 0.273. The van der Waals surface area contributed by atoms with Gasteiger partial charge in [0.1, 0.15) is 23.9 Å². The average molecular weight is 413 g/mol. The number of carbonyl (C=O) groups excluding carboxylic acids is 2. The first kappa shape index (κ1) is 21.2. The van der Waals surface area contributed by atoms with Crippen LogP contribution in [0.3, 0.4) is 0 Å². The van der Waals surface area contributed by atoms with Crippen LogP contribution in [0.2, 0.25) is 0 Å². The number of hydrogen-bond donors (Lipinski definition) is 0. The Balaban J connectivity index is 1.99. The summed E-state index contributed by atoms with van der Waals surface area (Å²) in [7, 11) is 5.70. The molecule has 158 valence electrons. The molecular formula is C22H23NO7. The van der Waals surface area contributed by atoms with Crippen molar-refractivity contribution >= 4 is 17.6 Å². The first-order valence-electron chi connectivity index (χ1n) is 9.11. The molecule has 8 heteroatoms. The van der Waals surface area contributed by atoms with Crippen LogP contribution in [-0.4, -0.2) is 53.7 Å². The predicted molar refractivity (Wildman–Crippen MR) is 109 cm³/mol. The lowest BCUT2D eigenvalue weighted by atomic mass is 10.0.